The lowest BCUT2D eigenvalue weighted by Crippen LogP contribution is -2.28. The van der Waals surface area contributed by atoms with E-state index in [0.29, 0.717) is 11.0 Å². The Morgan fingerprint density at radius 1 is 1.21 bits per heavy atom. The lowest BCUT2D eigenvalue weighted by atomic mass is 9.93. The number of aromatic hydroxyl groups is 1. The van der Waals surface area contributed by atoms with E-state index in [2.05, 4.69) is 35.0 Å². The lowest BCUT2D eigenvalue weighted by Gasteiger charge is -2.28. The van der Waals surface area contributed by atoms with Crippen LogP contribution in [0.5, 0.6) is 5.75 Å². The average molecular weight is 339 g/mol. The fourth-order valence-electron chi connectivity index (χ4n) is 3.64. The van der Waals surface area contributed by atoms with Crippen LogP contribution in [0.3, 0.4) is 0 Å². The van der Waals surface area contributed by atoms with E-state index in [-0.39, 0.29) is 12.1 Å². The normalized spacial score (nSPS) is 25.7. The quantitative estimate of drug-likeness (QED) is 0.899. The molecule has 4 rings (SSSR count). The summed E-state index contributed by atoms with van der Waals surface area (Å²) in [6.45, 7) is 7.15. The Morgan fingerprint density at radius 3 is 2.62 bits per heavy atom. The number of phenols is 1. The van der Waals surface area contributed by atoms with E-state index in [1.54, 1.807) is 0 Å². The number of nitrogens with zero attached hydrogens (tertiary/aromatic N) is 3. The number of thioether (sulfide) groups is 1. The number of hydrogen-bond acceptors (Lipinski definition) is 5. The van der Waals surface area contributed by atoms with Crippen LogP contribution in [0.15, 0.2) is 41.5 Å². The van der Waals surface area contributed by atoms with Crippen molar-refractivity contribution in [2.45, 2.75) is 38.1 Å². The van der Waals surface area contributed by atoms with Crippen molar-refractivity contribution < 1.29 is 5.11 Å². The van der Waals surface area contributed by atoms with Gasteiger partial charge >= 0.3 is 0 Å². The smallest absolute Gasteiger partial charge is 0.160 e. The molecule has 0 bridgehead atoms. The van der Waals surface area contributed by atoms with Crippen molar-refractivity contribution in [1.29, 1.82) is 0 Å². The minimum Gasteiger partial charge on any atom is -0.507 e. The third kappa shape index (κ3) is 2.47. The molecule has 2 aliphatic heterocycles. The Balaban J connectivity index is 1.81. The highest BCUT2D eigenvalue weighted by molar-refractivity contribution is 8.14. The third-order valence-electron chi connectivity index (χ3n) is 4.74. The number of pyridine rings is 1. The molecule has 4 nitrogen and oxygen atoms in total. The maximum absolute atomic E-state index is 10.1. The number of aryl methyl sites for hydroxylation is 2. The summed E-state index contributed by atoms with van der Waals surface area (Å²) in [6.07, 6.45) is 1.83. The second-order valence-corrected chi connectivity index (χ2v) is 8.05. The van der Waals surface area contributed by atoms with Crippen molar-refractivity contribution >= 4 is 16.9 Å². The van der Waals surface area contributed by atoms with Crippen LogP contribution in [0.2, 0.25) is 0 Å². The van der Waals surface area contributed by atoms with E-state index >= 15 is 0 Å². The topological polar surface area (TPSA) is 48.7 Å². The Morgan fingerprint density at radius 2 is 1.96 bits per heavy atom. The van der Waals surface area contributed by atoms with Gasteiger partial charge in [-0.05, 0) is 42.7 Å². The summed E-state index contributed by atoms with van der Waals surface area (Å²) in [5.74, 6) is 0.386. The molecule has 124 valence electrons. The molecule has 2 aromatic rings. The molecule has 2 aliphatic rings. The molecule has 1 saturated heterocycles. The van der Waals surface area contributed by atoms with Crippen molar-refractivity contribution in [1.82, 2.24) is 9.88 Å². The first-order valence-corrected chi connectivity index (χ1v) is 9.14. The standard InChI is InChI=1S/C19H21N3OS/c1-11-8-14(9-12(2)18(11)23)17-16(15-6-4-5-7-20-15)21-19-22(17)10-13(3)24-19/h4-9,13,16-17,23H,10H2,1-3H3/t13-,16+,17-/m1/s1. The maximum Gasteiger partial charge on any atom is 0.160 e. The van der Waals surface area contributed by atoms with Gasteiger partial charge in [0.2, 0.25) is 0 Å². The van der Waals surface area contributed by atoms with E-state index in [1.165, 1.54) is 5.56 Å². The van der Waals surface area contributed by atoms with Gasteiger partial charge in [0.1, 0.15) is 11.8 Å². The molecule has 3 atom stereocenters. The predicted molar refractivity (Wildman–Crippen MR) is 98.5 cm³/mol. The number of amidine groups is 1. The van der Waals surface area contributed by atoms with Gasteiger partial charge < -0.3 is 10.0 Å². The molecule has 0 saturated carbocycles. The predicted octanol–water partition coefficient (Wildman–Crippen LogP) is 3.99. The summed E-state index contributed by atoms with van der Waals surface area (Å²) < 4.78 is 0. The fourth-order valence-corrected chi connectivity index (χ4v) is 4.73. The average Bonchev–Trinajstić information content (AvgIpc) is 3.08. The highest BCUT2D eigenvalue weighted by atomic mass is 32.2. The third-order valence-corrected chi connectivity index (χ3v) is 5.84. The van der Waals surface area contributed by atoms with Crippen LogP contribution in [0.1, 0.15) is 41.4 Å². The number of benzene rings is 1. The number of fused-ring (bicyclic) bond motifs is 1. The minimum absolute atomic E-state index is 0.00421. The molecule has 1 N–H and O–H groups in total. The van der Waals surface area contributed by atoms with Crippen LogP contribution in [-0.2, 0) is 0 Å². The van der Waals surface area contributed by atoms with Gasteiger partial charge in [-0.25, -0.2) is 0 Å². The maximum atomic E-state index is 10.1. The molecule has 1 aromatic heterocycles. The van der Waals surface area contributed by atoms with Crippen LogP contribution in [0.4, 0.5) is 0 Å². The number of aliphatic imine (C=N–C) groups is 1. The first kappa shape index (κ1) is 15.5. The molecule has 0 amide bonds. The van der Waals surface area contributed by atoms with Gasteiger partial charge in [-0.1, -0.05) is 36.9 Å². The second kappa shape index (κ2) is 5.81. The van der Waals surface area contributed by atoms with Crippen LogP contribution in [-0.4, -0.2) is 32.0 Å². The number of rotatable bonds is 2. The summed E-state index contributed by atoms with van der Waals surface area (Å²) in [5.41, 5.74) is 4.03. The van der Waals surface area contributed by atoms with Crippen LogP contribution >= 0.6 is 11.8 Å². The van der Waals surface area contributed by atoms with Crippen LogP contribution in [0, 0.1) is 13.8 Å². The largest absolute Gasteiger partial charge is 0.507 e. The van der Waals surface area contributed by atoms with Gasteiger partial charge in [0.05, 0.1) is 11.7 Å². The van der Waals surface area contributed by atoms with E-state index in [9.17, 15) is 5.11 Å². The van der Waals surface area contributed by atoms with E-state index in [4.69, 9.17) is 4.99 Å². The zero-order chi connectivity index (χ0) is 16.8. The van der Waals surface area contributed by atoms with E-state index in [1.807, 2.05) is 43.9 Å². The molecule has 3 heterocycles. The first-order chi connectivity index (χ1) is 11.5. The molecular weight excluding hydrogens is 318 g/mol. The van der Waals surface area contributed by atoms with Crippen LogP contribution in [0.25, 0.3) is 0 Å². The molecule has 0 spiro atoms. The Kier molecular flexibility index (Phi) is 3.76. The Hall–Kier alpha value is -2.01. The summed E-state index contributed by atoms with van der Waals surface area (Å²) in [4.78, 5) is 11.9. The first-order valence-electron chi connectivity index (χ1n) is 8.26. The Bertz CT molecular complexity index is 783. The van der Waals surface area contributed by atoms with Gasteiger partial charge in [0, 0.05) is 18.0 Å². The summed E-state index contributed by atoms with van der Waals surface area (Å²) in [7, 11) is 0. The molecule has 24 heavy (non-hydrogen) atoms. The summed E-state index contributed by atoms with van der Waals surface area (Å²) in [6, 6.07) is 10.3. The van der Waals surface area contributed by atoms with Crippen molar-refractivity contribution in [2.24, 2.45) is 4.99 Å². The molecule has 1 aromatic carbocycles. The van der Waals surface area contributed by atoms with Gasteiger partial charge in [-0.3, -0.25) is 9.98 Å². The van der Waals surface area contributed by atoms with Gasteiger partial charge in [-0.15, -0.1) is 0 Å². The Labute approximate surface area is 146 Å². The number of hydrogen-bond donors (Lipinski definition) is 1. The monoisotopic (exact) mass is 339 g/mol. The van der Waals surface area contributed by atoms with Crippen LogP contribution < -0.4 is 0 Å². The van der Waals surface area contributed by atoms with Gasteiger partial charge in [-0.2, -0.15) is 0 Å². The van der Waals surface area contributed by atoms with Gasteiger partial charge in [0.15, 0.2) is 5.17 Å². The fraction of sp³-hybridized carbons (Fsp3) is 0.368. The highest BCUT2D eigenvalue weighted by Gasteiger charge is 2.43. The summed E-state index contributed by atoms with van der Waals surface area (Å²) >= 11 is 1.84. The molecule has 1 fully saturated rings. The van der Waals surface area contributed by atoms with Crippen molar-refractivity contribution in [2.75, 3.05) is 6.54 Å². The van der Waals surface area contributed by atoms with Crippen molar-refractivity contribution in [3.05, 3.63) is 58.9 Å². The number of phenolic OH excluding ortho intramolecular Hbond substituents is 1. The SMILES string of the molecule is Cc1cc([C@@H]2[C@H](c3ccccn3)N=C3S[C@H](C)CN32)cc(C)c1O. The van der Waals surface area contributed by atoms with Gasteiger partial charge in [0.25, 0.3) is 0 Å². The number of aromatic nitrogens is 1. The van der Waals surface area contributed by atoms with E-state index < -0.39 is 0 Å². The van der Waals surface area contributed by atoms with E-state index in [0.717, 1.165) is 28.5 Å². The zero-order valence-electron chi connectivity index (χ0n) is 14.1. The molecule has 0 radical (unpaired) electrons. The molecule has 5 heteroatoms. The highest BCUT2D eigenvalue weighted by Crippen LogP contribution is 2.48. The molecular formula is C19H21N3OS. The van der Waals surface area contributed by atoms with Crippen molar-refractivity contribution in [3.8, 4) is 5.75 Å². The lowest BCUT2D eigenvalue weighted by molar-refractivity contribution is 0.320. The summed E-state index contributed by atoms with van der Waals surface area (Å²) in [5, 5.41) is 11.8. The molecule has 0 unspecified atom stereocenters. The zero-order valence-corrected chi connectivity index (χ0v) is 14.9. The molecule has 0 aliphatic carbocycles. The second-order valence-electron chi connectivity index (χ2n) is 6.64. The minimum atomic E-state index is 0.00421. The van der Waals surface area contributed by atoms with Crippen molar-refractivity contribution in [3.63, 3.8) is 0 Å².